The zero-order valence-corrected chi connectivity index (χ0v) is 19.3. The summed E-state index contributed by atoms with van der Waals surface area (Å²) in [4.78, 5) is 12.3. The third-order valence-corrected chi connectivity index (χ3v) is 5.50. The first-order chi connectivity index (χ1) is 17.0. The molecular formula is C27H21ClN2O5. The molecule has 0 bridgehead atoms. The molecule has 1 unspecified atom stereocenters. The molecule has 0 amide bonds. The Morgan fingerprint density at radius 3 is 2.57 bits per heavy atom. The van der Waals surface area contributed by atoms with Crippen LogP contribution in [0, 0.1) is 11.3 Å². The van der Waals surface area contributed by atoms with Crippen LogP contribution >= 0.6 is 11.6 Å². The van der Waals surface area contributed by atoms with Gasteiger partial charge in [-0.15, -0.1) is 0 Å². The number of fused-ring (bicyclic) bond motifs is 1. The van der Waals surface area contributed by atoms with Gasteiger partial charge in [0.1, 0.15) is 41.2 Å². The van der Waals surface area contributed by atoms with E-state index in [9.17, 15) is 10.1 Å². The molecule has 7 nitrogen and oxygen atoms in total. The Bertz CT molecular complexity index is 1330. The maximum Gasteiger partial charge on any atom is 0.349 e. The summed E-state index contributed by atoms with van der Waals surface area (Å²) < 4.78 is 22.0. The zero-order valence-electron chi connectivity index (χ0n) is 18.6. The molecule has 176 valence electrons. The van der Waals surface area contributed by atoms with Gasteiger partial charge in [0.15, 0.2) is 6.61 Å². The Morgan fingerprint density at radius 1 is 1.11 bits per heavy atom. The number of nitrogens with two attached hydrogens (primary N) is 1. The second-order valence-corrected chi connectivity index (χ2v) is 7.89. The summed E-state index contributed by atoms with van der Waals surface area (Å²) in [5.74, 6) is 0.609. The van der Waals surface area contributed by atoms with E-state index in [4.69, 9.17) is 36.3 Å². The van der Waals surface area contributed by atoms with E-state index >= 15 is 0 Å². The van der Waals surface area contributed by atoms with Crippen LogP contribution in [0.3, 0.4) is 0 Å². The zero-order chi connectivity index (χ0) is 24.8. The molecule has 1 atom stereocenters. The highest BCUT2D eigenvalue weighted by atomic mass is 35.5. The fourth-order valence-corrected chi connectivity index (χ4v) is 3.80. The van der Waals surface area contributed by atoms with Gasteiger partial charge < -0.3 is 24.7 Å². The largest absolute Gasteiger partial charge is 0.490 e. The standard InChI is InChI=1S/C27H21ClN2O5/c1-2-13-32-18-9-7-17(8-10-18)26-20-12-11-19(14-24(20)35-27(30)21(26)15-29)34-25(31)16-33-23-6-4-3-5-22(23)28/h2-12,14,26H,1,13,16,30H2. The predicted molar refractivity (Wildman–Crippen MR) is 130 cm³/mol. The van der Waals surface area contributed by atoms with Crippen LogP contribution in [0.4, 0.5) is 0 Å². The number of carbonyl (C=O) groups is 1. The normalized spacial score (nSPS) is 14.2. The lowest BCUT2D eigenvalue weighted by Crippen LogP contribution is -2.21. The van der Waals surface area contributed by atoms with E-state index in [1.807, 2.05) is 24.3 Å². The smallest absolute Gasteiger partial charge is 0.349 e. The van der Waals surface area contributed by atoms with E-state index in [1.54, 1.807) is 48.5 Å². The van der Waals surface area contributed by atoms with E-state index in [-0.39, 0.29) is 23.8 Å². The van der Waals surface area contributed by atoms with Gasteiger partial charge in [0.05, 0.1) is 10.9 Å². The molecular weight excluding hydrogens is 468 g/mol. The number of hydrogen-bond acceptors (Lipinski definition) is 7. The van der Waals surface area contributed by atoms with Gasteiger partial charge >= 0.3 is 5.97 Å². The van der Waals surface area contributed by atoms with Crippen LogP contribution in [0.15, 0.2) is 90.8 Å². The van der Waals surface area contributed by atoms with Crippen LogP contribution in [-0.4, -0.2) is 19.2 Å². The van der Waals surface area contributed by atoms with Crippen molar-refractivity contribution < 1.29 is 23.7 Å². The monoisotopic (exact) mass is 488 g/mol. The highest BCUT2D eigenvalue weighted by Crippen LogP contribution is 2.43. The second kappa shape index (κ2) is 10.7. The molecule has 0 saturated carbocycles. The lowest BCUT2D eigenvalue weighted by atomic mass is 9.83. The molecule has 1 aliphatic heterocycles. The minimum atomic E-state index is -0.617. The minimum Gasteiger partial charge on any atom is -0.490 e. The third kappa shape index (κ3) is 5.40. The van der Waals surface area contributed by atoms with Crippen molar-refractivity contribution in [1.82, 2.24) is 0 Å². The van der Waals surface area contributed by atoms with Gasteiger partial charge in [0.2, 0.25) is 5.88 Å². The summed E-state index contributed by atoms with van der Waals surface area (Å²) in [5, 5.41) is 10.1. The number of benzene rings is 3. The molecule has 3 aromatic carbocycles. The van der Waals surface area contributed by atoms with E-state index in [2.05, 4.69) is 12.6 Å². The van der Waals surface area contributed by atoms with Crippen LogP contribution in [0.5, 0.6) is 23.0 Å². The highest BCUT2D eigenvalue weighted by Gasteiger charge is 2.31. The van der Waals surface area contributed by atoms with Gasteiger partial charge in [-0.25, -0.2) is 4.79 Å². The Labute approximate surface area is 207 Å². The summed E-state index contributed by atoms with van der Waals surface area (Å²) >= 11 is 6.04. The number of nitriles is 1. The number of ether oxygens (including phenoxy) is 4. The molecule has 4 rings (SSSR count). The van der Waals surface area contributed by atoms with Crippen molar-refractivity contribution in [2.45, 2.75) is 5.92 Å². The van der Waals surface area contributed by atoms with E-state index in [1.165, 1.54) is 0 Å². The van der Waals surface area contributed by atoms with Crippen LogP contribution < -0.4 is 24.7 Å². The average molecular weight is 489 g/mol. The molecule has 0 fully saturated rings. The Morgan fingerprint density at radius 2 is 1.86 bits per heavy atom. The molecule has 1 aliphatic rings. The van der Waals surface area contributed by atoms with E-state index < -0.39 is 11.9 Å². The number of esters is 1. The van der Waals surface area contributed by atoms with Gasteiger partial charge in [-0.2, -0.15) is 5.26 Å². The molecule has 0 saturated heterocycles. The lowest BCUT2D eigenvalue weighted by Gasteiger charge is -2.26. The average Bonchev–Trinajstić information content (AvgIpc) is 2.86. The molecule has 0 aromatic heterocycles. The second-order valence-electron chi connectivity index (χ2n) is 7.49. The summed E-state index contributed by atoms with van der Waals surface area (Å²) in [6.45, 7) is 3.70. The SMILES string of the molecule is C=CCOc1ccc(C2C(C#N)=C(N)Oc3cc(OC(=O)COc4ccccc4Cl)ccc32)cc1. The number of allylic oxidation sites excluding steroid dienone is 1. The maximum atomic E-state index is 12.3. The van der Waals surface area contributed by atoms with Gasteiger partial charge in [-0.1, -0.05) is 54.6 Å². The fourth-order valence-electron chi connectivity index (χ4n) is 3.61. The minimum absolute atomic E-state index is 0.0116. The Balaban J connectivity index is 1.53. The summed E-state index contributed by atoms with van der Waals surface area (Å²) in [6.07, 6.45) is 1.66. The summed E-state index contributed by atoms with van der Waals surface area (Å²) in [5.41, 5.74) is 7.89. The van der Waals surface area contributed by atoms with E-state index in [0.29, 0.717) is 34.4 Å². The number of halogens is 1. The predicted octanol–water partition coefficient (Wildman–Crippen LogP) is 5.11. The Kier molecular flexibility index (Phi) is 7.24. The van der Waals surface area contributed by atoms with Gasteiger partial charge in [-0.3, -0.25) is 0 Å². The topological polar surface area (TPSA) is 104 Å². The van der Waals surface area contributed by atoms with Crippen molar-refractivity contribution in [3.63, 3.8) is 0 Å². The summed E-state index contributed by atoms with van der Waals surface area (Å²) in [6, 6.07) is 21.2. The van der Waals surface area contributed by atoms with Crippen molar-refractivity contribution in [3.05, 3.63) is 107 Å². The van der Waals surface area contributed by atoms with Crippen LogP contribution in [0.2, 0.25) is 5.02 Å². The molecule has 2 N–H and O–H groups in total. The highest BCUT2D eigenvalue weighted by molar-refractivity contribution is 6.32. The molecule has 3 aromatic rings. The van der Waals surface area contributed by atoms with Crippen LogP contribution in [0.25, 0.3) is 0 Å². The van der Waals surface area contributed by atoms with Crippen molar-refractivity contribution >= 4 is 17.6 Å². The van der Waals surface area contributed by atoms with Crippen molar-refractivity contribution in [1.29, 1.82) is 5.26 Å². The first kappa shape index (κ1) is 23.7. The number of nitrogens with zero attached hydrogens (tertiary/aromatic N) is 1. The summed E-state index contributed by atoms with van der Waals surface area (Å²) in [7, 11) is 0. The lowest BCUT2D eigenvalue weighted by molar-refractivity contribution is -0.136. The van der Waals surface area contributed by atoms with Crippen molar-refractivity contribution in [3.8, 4) is 29.1 Å². The van der Waals surface area contributed by atoms with Gasteiger partial charge in [0.25, 0.3) is 0 Å². The number of rotatable bonds is 8. The molecule has 0 radical (unpaired) electrons. The maximum absolute atomic E-state index is 12.3. The Hall–Kier alpha value is -4.41. The van der Waals surface area contributed by atoms with Crippen molar-refractivity contribution in [2.75, 3.05) is 13.2 Å². The first-order valence-corrected chi connectivity index (χ1v) is 11.0. The van der Waals surface area contributed by atoms with Crippen LogP contribution in [-0.2, 0) is 4.79 Å². The van der Waals surface area contributed by atoms with Crippen molar-refractivity contribution in [2.24, 2.45) is 5.73 Å². The number of hydrogen-bond donors (Lipinski definition) is 1. The first-order valence-electron chi connectivity index (χ1n) is 10.6. The third-order valence-electron chi connectivity index (χ3n) is 5.19. The molecule has 0 aliphatic carbocycles. The number of carbonyl (C=O) groups excluding carboxylic acids is 1. The van der Waals surface area contributed by atoms with Gasteiger partial charge in [-0.05, 0) is 35.9 Å². The molecule has 0 spiro atoms. The van der Waals surface area contributed by atoms with Crippen LogP contribution in [0.1, 0.15) is 17.0 Å². The molecule has 8 heteroatoms. The van der Waals surface area contributed by atoms with E-state index in [0.717, 1.165) is 5.56 Å². The molecule has 1 heterocycles. The quantitative estimate of drug-likeness (QED) is 0.267. The number of para-hydroxylation sites is 1. The molecule has 35 heavy (non-hydrogen) atoms. The van der Waals surface area contributed by atoms with Gasteiger partial charge in [0, 0.05) is 11.6 Å². The fraction of sp³-hybridized carbons (Fsp3) is 0.111.